The number of aliphatic hydroxyl groups excluding tert-OH is 12. The van der Waals surface area contributed by atoms with Crippen LogP contribution in [0.5, 0.6) is 0 Å². The normalized spacial score (nSPS) is 39.7. The molecule has 2 aromatic rings. The molecule has 0 spiro atoms. The number of aliphatic hydroxyl groups is 12. The first-order chi connectivity index (χ1) is 35.1. The Labute approximate surface area is 418 Å². The number of amides is 2. The Balaban J connectivity index is 1.22. The van der Waals surface area contributed by atoms with Gasteiger partial charge in [0.2, 0.25) is 11.8 Å². The van der Waals surface area contributed by atoms with E-state index in [4.69, 9.17) is 47.4 Å². The van der Waals surface area contributed by atoms with Crippen molar-refractivity contribution in [1.29, 1.82) is 0 Å². The molecule has 5 fully saturated rings. The maximum absolute atomic E-state index is 13.8. The van der Waals surface area contributed by atoms with Crippen molar-refractivity contribution < 1.29 is 118 Å². The third-order valence-electron chi connectivity index (χ3n) is 13.4. The van der Waals surface area contributed by atoms with E-state index < -0.39 is 192 Å². The molecule has 0 unspecified atom stereocenters. The smallest absolute Gasteiger partial charge is 0.220 e. The van der Waals surface area contributed by atoms with Crippen molar-refractivity contribution in [2.45, 2.75) is 149 Å². The summed E-state index contributed by atoms with van der Waals surface area (Å²) < 4.78 is 60.7. The molecule has 73 heavy (non-hydrogen) atoms. The summed E-state index contributed by atoms with van der Waals surface area (Å²) in [5, 5.41) is 133. The molecule has 0 saturated carbocycles. The van der Waals surface area contributed by atoms with Gasteiger partial charge in [0.25, 0.3) is 0 Å². The van der Waals surface area contributed by atoms with Crippen LogP contribution in [0.1, 0.15) is 24.0 Å². The summed E-state index contributed by atoms with van der Waals surface area (Å²) in [5.41, 5.74) is 0.0985. The Morgan fingerprint density at radius 3 is 1.21 bits per heavy atom. The van der Waals surface area contributed by atoms with Gasteiger partial charge in [-0.15, -0.1) is 0 Å². The number of rotatable bonds is 16. The second-order valence-electron chi connectivity index (χ2n) is 18.8. The number of benzene rings is 2. The molecule has 2 amide bonds. The molecule has 0 aromatic heterocycles. The minimum absolute atomic E-state index is 0.0586. The number of hydrogen-bond donors (Lipinski definition) is 14. The Hall–Kier alpha value is -3.50. The minimum atomic E-state index is -1.93. The summed E-state index contributed by atoms with van der Waals surface area (Å²) in [4.78, 5) is 27.6. The first-order valence-corrected chi connectivity index (χ1v) is 24.0. The van der Waals surface area contributed by atoms with Crippen molar-refractivity contribution >= 4 is 11.8 Å². The zero-order valence-electron chi connectivity index (χ0n) is 39.6. The van der Waals surface area contributed by atoms with Crippen LogP contribution in [0, 0.1) is 5.41 Å². The zero-order valence-corrected chi connectivity index (χ0v) is 39.6. The van der Waals surface area contributed by atoms with Crippen LogP contribution in [-0.2, 0) is 70.2 Å². The fourth-order valence-corrected chi connectivity index (χ4v) is 9.16. The monoisotopic (exact) mass is 1040 g/mol. The lowest BCUT2D eigenvalue weighted by atomic mass is 9.91. The van der Waals surface area contributed by atoms with Crippen LogP contribution in [0.4, 0.5) is 0 Å². The number of fused-ring (bicyclic) bond motifs is 2. The first kappa shape index (κ1) is 57.2. The van der Waals surface area contributed by atoms with E-state index in [0.29, 0.717) is 0 Å². The summed E-state index contributed by atoms with van der Waals surface area (Å²) in [7, 11) is 0. The molecule has 5 aliphatic rings. The molecule has 410 valence electrons. The van der Waals surface area contributed by atoms with Crippen LogP contribution in [0.15, 0.2) is 60.7 Å². The molecule has 0 radical (unpaired) electrons. The summed E-state index contributed by atoms with van der Waals surface area (Å²) in [6.07, 6.45) is -32.0. The number of nitrogens with one attached hydrogen (secondary N) is 2. The molecule has 5 heterocycles. The van der Waals surface area contributed by atoms with Crippen LogP contribution < -0.4 is 10.6 Å². The van der Waals surface area contributed by atoms with Crippen LogP contribution in [0.3, 0.4) is 0 Å². The van der Waals surface area contributed by atoms with E-state index in [1.807, 2.05) is 60.7 Å². The predicted octanol–water partition coefficient (Wildman–Crippen LogP) is -6.27. The molecule has 20 atom stereocenters. The van der Waals surface area contributed by atoms with Gasteiger partial charge < -0.3 is 119 Å². The second-order valence-corrected chi connectivity index (χ2v) is 18.8. The molecule has 14 N–H and O–H groups in total. The molecule has 5 saturated heterocycles. The third kappa shape index (κ3) is 13.9. The summed E-state index contributed by atoms with van der Waals surface area (Å²) in [5.74, 6) is -1.72. The van der Waals surface area contributed by atoms with Gasteiger partial charge in [-0.25, -0.2) is 0 Å². The summed E-state index contributed by atoms with van der Waals surface area (Å²) in [6.45, 7) is -4.56. The average Bonchev–Trinajstić information content (AvgIpc) is 3.40. The van der Waals surface area contributed by atoms with Gasteiger partial charge in [-0.1, -0.05) is 60.7 Å². The topological polar surface area (TPSA) is 393 Å². The van der Waals surface area contributed by atoms with E-state index >= 15 is 0 Å². The van der Waals surface area contributed by atoms with Crippen LogP contribution in [0.2, 0.25) is 0 Å². The first-order valence-electron chi connectivity index (χ1n) is 24.0. The number of carbonyl (C=O) groups is 2. The molecule has 26 nitrogen and oxygen atoms in total. The second kappa shape index (κ2) is 26.5. The van der Waals surface area contributed by atoms with Crippen molar-refractivity contribution in [3.8, 4) is 0 Å². The number of ether oxygens (including phenoxy) is 10. The highest BCUT2D eigenvalue weighted by molar-refractivity contribution is 5.84. The zero-order chi connectivity index (χ0) is 52.4. The SMILES string of the molecule is O=C1CCC(=O)N[C@H]2[C@H](OCC(COCc3ccccc3)(COCc3ccccc3)CO[C@@H]3O[C@H](CO)[C@@H](O[C@@H]4O[C@H](CO)[C@H](O)[C@H](O)[C@H]4O)[C@H](O)[C@H]3N1)O[C@H](CO)[C@@H](O[C@@H]1O[C@H](CO)[C@H](O)[C@H](O)[C@H]1O)[C@@H]2O. The van der Waals surface area contributed by atoms with Gasteiger partial charge in [-0.2, -0.15) is 0 Å². The van der Waals surface area contributed by atoms with Crippen molar-refractivity contribution in [3.63, 3.8) is 0 Å². The van der Waals surface area contributed by atoms with E-state index in [2.05, 4.69) is 10.6 Å². The van der Waals surface area contributed by atoms with Crippen LogP contribution >= 0.6 is 0 Å². The lowest BCUT2D eigenvalue weighted by Crippen LogP contribution is -2.68. The van der Waals surface area contributed by atoms with Crippen LogP contribution in [0.25, 0.3) is 0 Å². The number of carbonyl (C=O) groups excluding carboxylic acids is 2. The maximum atomic E-state index is 13.8. The van der Waals surface area contributed by atoms with Gasteiger partial charge in [0.05, 0.1) is 71.5 Å². The summed E-state index contributed by atoms with van der Waals surface area (Å²) >= 11 is 0. The highest BCUT2D eigenvalue weighted by Gasteiger charge is 2.54. The molecule has 2 aromatic carbocycles. The summed E-state index contributed by atoms with van der Waals surface area (Å²) in [6, 6.07) is 15.0. The van der Waals surface area contributed by atoms with E-state index in [1.54, 1.807) is 0 Å². The predicted molar refractivity (Wildman–Crippen MR) is 240 cm³/mol. The van der Waals surface area contributed by atoms with Gasteiger partial charge in [0.15, 0.2) is 25.2 Å². The fraction of sp³-hybridized carbons (Fsp3) is 0.702. The number of hydrogen-bond acceptors (Lipinski definition) is 24. The Morgan fingerprint density at radius 2 is 0.849 bits per heavy atom. The maximum Gasteiger partial charge on any atom is 0.220 e. The lowest BCUT2D eigenvalue weighted by Gasteiger charge is -2.48. The minimum Gasteiger partial charge on any atom is -0.394 e. The quantitative estimate of drug-likeness (QED) is 0.0744. The lowest BCUT2D eigenvalue weighted by molar-refractivity contribution is -0.353. The van der Waals surface area contributed by atoms with E-state index in [0.717, 1.165) is 11.1 Å². The highest BCUT2D eigenvalue weighted by atomic mass is 16.8. The largest absolute Gasteiger partial charge is 0.394 e. The Bertz CT molecular complexity index is 1860. The molecular weight excluding hydrogens is 977 g/mol. The Morgan fingerprint density at radius 1 is 0.479 bits per heavy atom. The molecule has 0 aliphatic carbocycles. The molecule has 5 aliphatic heterocycles. The molecule has 0 bridgehead atoms. The molecule has 7 rings (SSSR count). The van der Waals surface area contributed by atoms with Gasteiger partial charge in [0.1, 0.15) is 97.5 Å². The van der Waals surface area contributed by atoms with Gasteiger partial charge >= 0.3 is 0 Å². The van der Waals surface area contributed by atoms with Gasteiger partial charge in [-0.3, -0.25) is 9.59 Å². The van der Waals surface area contributed by atoms with Crippen molar-refractivity contribution in [1.82, 2.24) is 10.6 Å². The van der Waals surface area contributed by atoms with Crippen LogP contribution in [-0.4, -0.2) is 249 Å². The van der Waals surface area contributed by atoms with Crippen molar-refractivity contribution in [3.05, 3.63) is 71.8 Å². The fourth-order valence-electron chi connectivity index (χ4n) is 9.16. The standard InChI is InChI=1S/C47H68N2O24/c50-13-25-33(56)37(60)39(62)45(68-25)72-41-27(15-52)70-43-31(35(41)58)48-29(54)11-12-30(55)49-32-36(59)42(73-46-40(63)38(61)34(57)26(14-51)69-46)28(16-53)71-44(32)67-22-47(21-66-43,19-64-17-23-7-3-1-4-8-23)20-65-18-24-9-5-2-6-10-24/h1-10,25-28,31-46,50-53,56-63H,11-22H2,(H,48,54)(H,49,55)/t25-,26-,27-,28-,31-,32-,33+,34+,35-,36-,37+,38+,39-,40-,41-,42-,43-,44-,45+,46+/m1/s1. The van der Waals surface area contributed by atoms with E-state index in [9.17, 15) is 70.9 Å². The van der Waals surface area contributed by atoms with Crippen molar-refractivity contribution in [2.75, 3.05) is 52.9 Å². The van der Waals surface area contributed by atoms with Gasteiger partial charge in [0, 0.05) is 12.8 Å². The van der Waals surface area contributed by atoms with Gasteiger partial charge in [-0.05, 0) is 11.1 Å². The van der Waals surface area contributed by atoms with Crippen molar-refractivity contribution in [2.24, 2.45) is 5.41 Å². The highest BCUT2D eigenvalue weighted by Crippen LogP contribution is 2.35. The van der Waals surface area contributed by atoms with E-state index in [-0.39, 0.29) is 26.4 Å². The average molecular weight is 1050 g/mol. The Kier molecular flexibility index (Phi) is 20.8. The molecular formula is C47H68N2O24. The van der Waals surface area contributed by atoms with E-state index in [1.165, 1.54) is 0 Å². The molecule has 26 heteroatoms. The third-order valence-corrected chi connectivity index (χ3v) is 13.4.